The lowest BCUT2D eigenvalue weighted by atomic mass is 9.77. The summed E-state index contributed by atoms with van der Waals surface area (Å²) < 4.78 is 80.4. The van der Waals surface area contributed by atoms with E-state index in [0.717, 1.165) is 26.2 Å². The molecule has 0 aliphatic carbocycles. The fourth-order valence-electron chi connectivity index (χ4n) is 4.16. The highest BCUT2D eigenvalue weighted by atomic mass is 19.4. The van der Waals surface area contributed by atoms with Crippen LogP contribution in [0.2, 0.25) is 0 Å². The van der Waals surface area contributed by atoms with Gasteiger partial charge in [0.1, 0.15) is 11.8 Å². The Morgan fingerprint density at radius 3 is 2.44 bits per heavy atom. The lowest BCUT2D eigenvalue weighted by molar-refractivity contribution is -0.272. The maximum atomic E-state index is 14.4. The molecule has 3 N–H and O–H groups in total. The first-order valence-electron chi connectivity index (χ1n) is 10.1. The summed E-state index contributed by atoms with van der Waals surface area (Å²) >= 11 is 0. The van der Waals surface area contributed by atoms with Crippen LogP contribution in [0.25, 0.3) is 0 Å². The molecule has 1 fully saturated rings. The van der Waals surface area contributed by atoms with Crippen LogP contribution in [-0.2, 0) is 9.53 Å². The molecule has 3 rings (SSSR count). The van der Waals surface area contributed by atoms with E-state index in [4.69, 9.17) is 15.2 Å². The van der Waals surface area contributed by atoms with Crippen LogP contribution in [0.5, 0.6) is 5.75 Å². The molecule has 7 nitrogen and oxygen atoms in total. The third-order valence-electron chi connectivity index (χ3n) is 6.27. The number of primary amides is 1. The van der Waals surface area contributed by atoms with Gasteiger partial charge in [0.15, 0.2) is 17.2 Å². The van der Waals surface area contributed by atoms with Gasteiger partial charge in [0.25, 0.3) is 11.8 Å². The number of methoxy groups -OCH3 is 1. The van der Waals surface area contributed by atoms with Crippen molar-refractivity contribution in [1.29, 1.82) is 0 Å². The zero-order valence-corrected chi connectivity index (χ0v) is 18.6. The van der Waals surface area contributed by atoms with Gasteiger partial charge in [-0.2, -0.15) is 17.6 Å². The van der Waals surface area contributed by atoms with E-state index in [0.29, 0.717) is 0 Å². The number of halogens is 5. The maximum absolute atomic E-state index is 14.4. The second-order valence-corrected chi connectivity index (χ2v) is 8.13. The molecule has 0 unspecified atom stereocenters. The Kier molecular flexibility index (Phi) is 6.57. The average molecular weight is 487 g/mol. The number of nitrogens with one attached hydrogen (secondary N) is 1. The molecule has 0 radical (unpaired) electrons. The normalized spacial score (nSPS) is 24.7. The molecular weight excluding hydrogens is 465 g/mol. The molecule has 4 atom stereocenters. The summed E-state index contributed by atoms with van der Waals surface area (Å²) in [5.74, 6) is -7.92. The number of hydrogen-bond donors (Lipinski definition) is 2. The molecule has 2 heterocycles. The lowest BCUT2D eigenvalue weighted by Crippen LogP contribution is -2.47. The Balaban J connectivity index is 2.11. The van der Waals surface area contributed by atoms with Crippen molar-refractivity contribution in [1.82, 2.24) is 4.98 Å². The number of alkyl halides is 3. The Morgan fingerprint density at radius 1 is 1.24 bits per heavy atom. The van der Waals surface area contributed by atoms with Gasteiger partial charge < -0.3 is 20.5 Å². The molecular formula is C22H22F5N3O4. The van der Waals surface area contributed by atoms with E-state index in [1.54, 1.807) is 0 Å². The predicted octanol–water partition coefficient (Wildman–Crippen LogP) is 3.85. The van der Waals surface area contributed by atoms with E-state index in [1.807, 2.05) is 0 Å². The zero-order chi connectivity index (χ0) is 25.6. The summed E-state index contributed by atoms with van der Waals surface area (Å²) in [5, 5.41) is 2.43. The summed E-state index contributed by atoms with van der Waals surface area (Å²) in [6.45, 7) is 3.43. The average Bonchev–Trinajstić information content (AvgIpc) is 3.03. The maximum Gasteiger partial charge on any atom is 0.417 e. The molecule has 0 saturated carbocycles. The molecule has 1 saturated heterocycles. The number of benzene rings is 1. The van der Waals surface area contributed by atoms with Gasteiger partial charge in [0.05, 0.1) is 7.11 Å². The van der Waals surface area contributed by atoms with E-state index in [-0.39, 0.29) is 22.5 Å². The van der Waals surface area contributed by atoms with Crippen molar-refractivity contribution in [2.75, 3.05) is 12.4 Å². The van der Waals surface area contributed by atoms with Crippen molar-refractivity contribution >= 4 is 17.5 Å². The van der Waals surface area contributed by atoms with Crippen molar-refractivity contribution < 1.29 is 41.0 Å². The molecule has 2 amide bonds. The Labute approximate surface area is 191 Å². The quantitative estimate of drug-likeness (QED) is 0.624. The number of aromatic nitrogens is 1. The van der Waals surface area contributed by atoms with Gasteiger partial charge in [0.2, 0.25) is 5.82 Å². The molecule has 1 aliphatic rings. The topological polar surface area (TPSA) is 104 Å². The Bertz CT molecular complexity index is 1140. The molecule has 0 bridgehead atoms. The van der Waals surface area contributed by atoms with Gasteiger partial charge in [0, 0.05) is 34.8 Å². The monoisotopic (exact) mass is 487 g/mol. The standard InChI is InChI=1S/C22H22F5N3O4/c1-9-13(7-8-29-16(9)19(28)31)30-20(32)18-14(10(2)21(3,34-18)22(25,26)27)11-5-6-12(23)15(24)17(11)33-4/h5-8,10,14,18H,1-4H3,(H2,28,31)(H,29,30,32)/t10-,14+,18+,21+/m0/s1. The molecule has 2 aromatic rings. The number of nitrogens with zero attached hydrogens (tertiary/aromatic N) is 1. The van der Waals surface area contributed by atoms with E-state index >= 15 is 0 Å². The minimum atomic E-state index is -4.89. The smallest absolute Gasteiger partial charge is 0.417 e. The van der Waals surface area contributed by atoms with Crippen LogP contribution < -0.4 is 15.8 Å². The third-order valence-corrected chi connectivity index (χ3v) is 6.27. The summed E-state index contributed by atoms with van der Waals surface area (Å²) in [4.78, 5) is 28.5. The highest BCUT2D eigenvalue weighted by Gasteiger charge is 2.65. The van der Waals surface area contributed by atoms with Crippen LogP contribution in [-0.4, -0.2) is 41.8 Å². The van der Waals surface area contributed by atoms with Gasteiger partial charge in [-0.1, -0.05) is 13.0 Å². The molecule has 34 heavy (non-hydrogen) atoms. The number of rotatable bonds is 5. The number of pyridine rings is 1. The van der Waals surface area contributed by atoms with Crippen LogP contribution in [0.4, 0.5) is 27.6 Å². The predicted molar refractivity (Wildman–Crippen MR) is 110 cm³/mol. The number of hydrogen-bond acceptors (Lipinski definition) is 5. The third kappa shape index (κ3) is 4.06. The van der Waals surface area contributed by atoms with E-state index < -0.39 is 58.9 Å². The van der Waals surface area contributed by atoms with E-state index in [9.17, 15) is 31.5 Å². The summed E-state index contributed by atoms with van der Waals surface area (Å²) in [5.41, 5.74) is 2.42. The van der Waals surface area contributed by atoms with Crippen molar-refractivity contribution in [3.05, 3.63) is 52.9 Å². The molecule has 1 aromatic carbocycles. The van der Waals surface area contributed by atoms with Crippen molar-refractivity contribution in [3.63, 3.8) is 0 Å². The number of carbonyl (C=O) groups is 2. The number of nitrogens with two attached hydrogens (primary N) is 1. The first-order valence-corrected chi connectivity index (χ1v) is 10.1. The zero-order valence-electron chi connectivity index (χ0n) is 18.6. The van der Waals surface area contributed by atoms with Crippen molar-refractivity contribution in [2.45, 2.75) is 44.6 Å². The fraction of sp³-hybridized carbons (Fsp3) is 0.409. The summed E-state index contributed by atoms with van der Waals surface area (Å²) in [6.07, 6.45) is -5.47. The van der Waals surface area contributed by atoms with Gasteiger partial charge in [-0.3, -0.25) is 14.6 Å². The summed E-state index contributed by atoms with van der Waals surface area (Å²) in [6, 6.07) is 3.13. The molecule has 12 heteroatoms. The highest BCUT2D eigenvalue weighted by Crippen LogP contribution is 2.55. The highest BCUT2D eigenvalue weighted by molar-refractivity contribution is 5.99. The molecule has 1 aromatic heterocycles. The van der Waals surface area contributed by atoms with Crippen LogP contribution in [0, 0.1) is 24.5 Å². The second kappa shape index (κ2) is 8.82. The first-order chi connectivity index (χ1) is 15.7. The Hall–Kier alpha value is -3.28. The molecule has 0 spiro atoms. The van der Waals surface area contributed by atoms with Crippen molar-refractivity contribution in [2.24, 2.45) is 11.7 Å². The van der Waals surface area contributed by atoms with Gasteiger partial charge in [-0.15, -0.1) is 0 Å². The fourth-order valence-corrected chi connectivity index (χ4v) is 4.16. The number of amides is 2. The van der Waals surface area contributed by atoms with E-state index in [1.165, 1.54) is 26.1 Å². The minimum Gasteiger partial charge on any atom is -0.493 e. The summed E-state index contributed by atoms with van der Waals surface area (Å²) in [7, 11) is 1.03. The number of ether oxygens (including phenoxy) is 2. The number of anilines is 1. The first kappa shape index (κ1) is 25.3. The Morgan fingerprint density at radius 2 is 1.88 bits per heavy atom. The van der Waals surface area contributed by atoms with Crippen LogP contribution >= 0.6 is 0 Å². The lowest BCUT2D eigenvalue weighted by Gasteiger charge is -2.32. The van der Waals surface area contributed by atoms with Crippen molar-refractivity contribution in [3.8, 4) is 5.75 Å². The van der Waals surface area contributed by atoms with Gasteiger partial charge >= 0.3 is 6.18 Å². The molecule has 184 valence electrons. The SMILES string of the molecule is COc1c([C@@H]2[C@H](C(=O)Nc3ccnc(C(N)=O)c3C)O[C@@](C)(C(F)(F)F)[C@H]2C)ccc(F)c1F. The largest absolute Gasteiger partial charge is 0.493 e. The van der Waals surface area contributed by atoms with Crippen LogP contribution in [0.1, 0.15) is 41.4 Å². The van der Waals surface area contributed by atoms with E-state index in [2.05, 4.69) is 10.3 Å². The van der Waals surface area contributed by atoms with Gasteiger partial charge in [-0.25, -0.2) is 4.39 Å². The minimum absolute atomic E-state index is 0.0710. The number of carbonyl (C=O) groups excluding carboxylic acids is 2. The van der Waals surface area contributed by atoms with Crippen LogP contribution in [0.3, 0.4) is 0 Å². The van der Waals surface area contributed by atoms with Crippen LogP contribution in [0.15, 0.2) is 24.4 Å². The van der Waals surface area contributed by atoms with Gasteiger partial charge in [-0.05, 0) is 26.0 Å². The second-order valence-electron chi connectivity index (χ2n) is 8.13. The molecule has 1 aliphatic heterocycles.